The van der Waals surface area contributed by atoms with Gasteiger partial charge in [-0.1, -0.05) is 24.3 Å². The number of carbonyl (C=O) groups excluding carboxylic acids is 1. The van der Waals surface area contributed by atoms with E-state index in [1.807, 2.05) is 23.1 Å². The van der Waals surface area contributed by atoms with Crippen LogP contribution in [0, 0.1) is 5.92 Å². The lowest BCUT2D eigenvalue weighted by Crippen LogP contribution is -2.40. The van der Waals surface area contributed by atoms with Crippen LogP contribution >= 0.6 is 12.4 Å². The molecule has 2 heterocycles. The molecule has 4 nitrogen and oxygen atoms in total. The summed E-state index contributed by atoms with van der Waals surface area (Å²) in [7, 11) is 0. The van der Waals surface area contributed by atoms with Crippen molar-refractivity contribution in [1.29, 1.82) is 0 Å². The Hall–Kier alpha value is -1.10. The number of fused-ring (bicyclic) bond motifs is 1. The highest BCUT2D eigenvalue weighted by Crippen LogP contribution is 2.32. The molecule has 5 heteroatoms. The van der Waals surface area contributed by atoms with E-state index in [2.05, 4.69) is 13.0 Å². The third-order valence-electron chi connectivity index (χ3n) is 4.50. The molecule has 0 saturated carbocycles. The average molecular weight is 311 g/mol. The van der Waals surface area contributed by atoms with Crippen LogP contribution in [0.5, 0.6) is 0 Å². The van der Waals surface area contributed by atoms with Crippen molar-refractivity contribution in [3.63, 3.8) is 0 Å². The molecule has 2 aliphatic heterocycles. The van der Waals surface area contributed by atoms with E-state index < -0.39 is 6.10 Å². The molecule has 0 bridgehead atoms. The van der Waals surface area contributed by atoms with E-state index in [4.69, 9.17) is 10.5 Å². The molecule has 21 heavy (non-hydrogen) atoms. The highest BCUT2D eigenvalue weighted by molar-refractivity contribution is 5.85. The van der Waals surface area contributed by atoms with Gasteiger partial charge in [0.15, 0.2) is 6.10 Å². The van der Waals surface area contributed by atoms with Crippen molar-refractivity contribution in [2.75, 3.05) is 19.7 Å². The molecule has 0 spiro atoms. The first kappa shape index (κ1) is 16.3. The Balaban J connectivity index is 0.00000161. The first-order valence-corrected chi connectivity index (χ1v) is 7.40. The van der Waals surface area contributed by atoms with E-state index in [1.165, 1.54) is 5.56 Å². The van der Waals surface area contributed by atoms with E-state index in [0.717, 1.165) is 24.9 Å². The first-order valence-electron chi connectivity index (χ1n) is 7.40. The van der Waals surface area contributed by atoms with E-state index in [-0.39, 0.29) is 24.4 Å². The molecular weight excluding hydrogens is 288 g/mol. The van der Waals surface area contributed by atoms with Gasteiger partial charge < -0.3 is 15.4 Å². The zero-order valence-corrected chi connectivity index (χ0v) is 13.1. The molecule has 3 rings (SSSR count). The fourth-order valence-electron chi connectivity index (χ4n) is 3.37. The Morgan fingerprint density at radius 3 is 2.90 bits per heavy atom. The number of nitrogens with zero attached hydrogens (tertiary/aromatic N) is 1. The van der Waals surface area contributed by atoms with Crippen LogP contribution in [0.4, 0.5) is 0 Å². The minimum absolute atomic E-state index is 0. The summed E-state index contributed by atoms with van der Waals surface area (Å²) in [5, 5.41) is 0. The van der Waals surface area contributed by atoms with Crippen LogP contribution in [0.1, 0.15) is 30.6 Å². The normalized spacial score (nSPS) is 27.9. The van der Waals surface area contributed by atoms with Gasteiger partial charge in [0.25, 0.3) is 5.91 Å². The van der Waals surface area contributed by atoms with Crippen molar-refractivity contribution in [3.8, 4) is 0 Å². The molecule has 2 N–H and O–H groups in total. The maximum absolute atomic E-state index is 12.8. The van der Waals surface area contributed by atoms with Crippen LogP contribution in [-0.4, -0.2) is 36.5 Å². The second kappa shape index (κ2) is 6.77. The molecule has 0 aromatic heterocycles. The van der Waals surface area contributed by atoms with Crippen LogP contribution in [0.15, 0.2) is 24.3 Å². The molecule has 116 valence electrons. The number of carbonyl (C=O) groups is 1. The fraction of sp³-hybridized carbons (Fsp3) is 0.562. The Labute approximate surface area is 132 Å². The van der Waals surface area contributed by atoms with E-state index in [9.17, 15) is 4.79 Å². The highest BCUT2D eigenvalue weighted by atomic mass is 35.5. The van der Waals surface area contributed by atoms with E-state index in [0.29, 0.717) is 19.1 Å². The topological polar surface area (TPSA) is 55.6 Å². The number of hydrogen-bond donors (Lipinski definition) is 1. The van der Waals surface area contributed by atoms with Crippen molar-refractivity contribution in [1.82, 2.24) is 4.90 Å². The molecule has 1 aromatic carbocycles. The smallest absolute Gasteiger partial charge is 0.256 e. The molecule has 1 aromatic rings. The van der Waals surface area contributed by atoms with Crippen molar-refractivity contribution in [2.24, 2.45) is 11.7 Å². The van der Waals surface area contributed by atoms with Gasteiger partial charge in [-0.15, -0.1) is 12.4 Å². The predicted molar refractivity (Wildman–Crippen MR) is 84.4 cm³/mol. The summed E-state index contributed by atoms with van der Waals surface area (Å²) in [5.74, 6) is 0.522. The van der Waals surface area contributed by atoms with Crippen LogP contribution in [0.2, 0.25) is 0 Å². The SMILES string of the molecule is CC1CC(CN)CN1C(=O)C1OCCc2ccccc21.Cl. The molecule has 1 saturated heterocycles. The van der Waals surface area contributed by atoms with Crippen LogP contribution in [-0.2, 0) is 16.0 Å². The lowest BCUT2D eigenvalue weighted by molar-refractivity contribution is -0.145. The third-order valence-corrected chi connectivity index (χ3v) is 4.50. The second-order valence-corrected chi connectivity index (χ2v) is 5.88. The Kier molecular flexibility index (Phi) is 5.25. The summed E-state index contributed by atoms with van der Waals surface area (Å²) in [6.45, 7) is 4.13. The number of hydrogen-bond acceptors (Lipinski definition) is 3. The standard InChI is InChI=1S/C16H22N2O2.ClH/c1-11-8-12(9-17)10-18(11)16(19)15-14-5-3-2-4-13(14)6-7-20-15;/h2-5,11-12,15H,6-10,17H2,1H3;1H. The summed E-state index contributed by atoms with van der Waals surface area (Å²) >= 11 is 0. The number of rotatable bonds is 2. The molecular formula is C16H23ClN2O2. The van der Waals surface area contributed by atoms with Gasteiger partial charge in [-0.3, -0.25) is 4.79 Å². The molecule has 3 atom stereocenters. The molecule has 0 radical (unpaired) electrons. The zero-order chi connectivity index (χ0) is 14.1. The number of benzene rings is 1. The minimum atomic E-state index is -0.432. The van der Waals surface area contributed by atoms with Gasteiger partial charge in [-0.25, -0.2) is 0 Å². The number of amides is 1. The Morgan fingerprint density at radius 2 is 2.19 bits per heavy atom. The highest BCUT2D eigenvalue weighted by Gasteiger charge is 2.37. The van der Waals surface area contributed by atoms with Gasteiger partial charge in [-0.05, 0) is 43.4 Å². The lowest BCUT2D eigenvalue weighted by atomic mass is 9.96. The molecule has 0 aliphatic carbocycles. The Morgan fingerprint density at radius 1 is 1.43 bits per heavy atom. The number of likely N-dealkylation sites (tertiary alicyclic amines) is 1. The van der Waals surface area contributed by atoms with E-state index >= 15 is 0 Å². The van der Waals surface area contributed by atoms with Crippen LogP contribution in [0.25, 0.3) is 0 Å². The zero-order valence-electron chi connectivity index (χ0n) is 12.3. The Bertz CT molecular complexity index is 509. The van der Waals surface area contributed by atoms with E-state index in [1.54, 1.807) is 0 Å². The van der Waals surface area contributed by atoms with Crippen molar-refractivity contribution >= 4 is 18.3 Å². The number of ether oxygens (including phenoxy) is 1. The number of halogens is 1. The summed E-state index contributed by atoms with van der Waals surface area (Å²) in [5.41, 5.74) is 8.01. The van der Waals surface area contributed by atoms with Gasteiger partial charge in [0.05, 0.1) is 6.61 Å². The molecule has 1 fully saturated rings. The summed E-state index contributed by atoms with van der Waals surface area (Å²) in [6, 6.07) is 8.36. The number of nitrogens with two attached hydrogens (primary N) is 1. The maximum Gasteiger partial charge on any atom is 0.256 e. The summed E-state index contributed by atoms with van der Waals surface area (Å²) in [4.78, 5) is 14.7. The van der Waals surface area contributed by atoms with Gasteiger partial charge in [0.1, 0.15) is 0 Å². The average Bonchev–Trinajstić information content (AvgIpc) is 2.87. The van der Waals surface area contributed by atoms with Crippen LogP contribution < -0.4 is 5.73 Å². The van der Waals surface area contributed by atoms with Gasteiger partial charge in [0.2, 0.25) is 0 Å². The lowest BCUT2D eigenvalue weighted by Gasteiger charge is -2.30. The summed E-state index contributed by atoms with van der Waals surface area (Å²) < 4.78 is 5.77. The van der Waals surface area contributed by atoms with Crippen molar-refractivity contribution in [3.05, 3.63) is 35.4 Å². The predicted octanol–water partition coefficient (Wildman–Crippen LogP) is 1.92. The maximum atomic E-state index is 12.8. The molecule has 3 unspecified atom stereocenters. The van der Waals surface area contributed by atoms with Gasteiger partial charge in [0, 0.05) is 12.6 Å². The largest absolute Gasteiger partial charge is 0.363 e. The fourth-order valence-corrected chi connectivity index (χ4v) is 3.37. The third kappa shape index (κ3) is 3.07. The second-order valence-electron chi connectivity index (χ2n) is 5.88. The first-order chi connectivity index (χ1) is 9.70. The molecule has 2 aliphatic rings. The van der Waals surface area contributed by atoms with Crippen molar-refractivity contribution in [2.45, 2.75) is 31.9 Å². The van der Waals surface area contributed by atoms with Crippen molar-refractivity contribution < 1.29 is 9.53 Å². The quantitative estimate of drug-likeness (QED) is 0.908. The molecule has 1 amide bonds. The summed E-state index contributed by atoms with van der Waals surface area (Å²) in [6.07, 6.45) is 1.45. The monoisotopic (exact) mass is 310 g/mol. The van der Waals surface area contributed by atoms with Gasteiger partial charge in [-0.2, -0.15) is 0 Å². The minimum Gasteiger partial charge on any atom is -0.363 e. The van der Waals surface area contributed by atoms with Crippen LogP contribution in [0.3, 0.4) is 0 Å². The van der Waals surface area contributed by atoms with Gasteiger partial charge >= 0.3 is 0 Å².